The van der Waals surface area contributed by atoms with E-state index in [1.54, 1.807) is 0 Å². The van der Waals surface area contributed by atoms with E-state index in [0.29, 0.717) is 99.9 Å². The van der Waals surface area contributed by atoms with Gasteiger partial charge in [0.15, 0.2) is 0 Å². The van der Waals surface area contributed by atoms with Crippen molar-refractivity contribution in [3.63, 3.8) is 0 Å². The molecule has 340 valence electrons. The number of carbonyl (C=O) groups is 4. The lowest BCUT2D eigenvalue weighted by Gasteiger charge is -2.21. The highest BCUT2D eigenvalue weighted by atomic mass is 79.9. The number of hydrogen-bond donors (Lipinski definition) is 0. The Morgan fingerprint density at radius 2 is 0.906 bits per heavy atom. The zero-order chi connectivity index (χ0) is 45.3. The lowest BCUT2D eigenvalue weighted by atomic mass is 9.87. The second-order valence-corrected chi connectivity index (χ2v) is 21.0. The minimum absolute atomic E-state index is 0.321. The maximum atomic E-state index is 11.5. The average Bonchev–Trinajstić information content (AvgIpc) is 4.01. The largest absolute Gasteiger partial charge is 0.373 e. The first kappa shape index (κ1) is 49.5. The number of benzene rings is 4. The van der Waals surface area contributed by atoms with Crippen LogP contribution in [-0.2, 0) is 93.2 Å². The van der Waals surface area contributed by atoms with Gasteiger partial charge in [0.1, 0.15) is 23.1 Å². The van der Waals surface area contributed by atoms with Crippen molar-refractivity contribution in [1.29, 1.82) is 0 Å². The van der Waals surface area contributed by atoms with Gasteiger partial charge in [0.2, 0.25) is 0 Å². The monoisotopic (exact) mass is 1070 g/mol. The van der Waals surface area contributed by atoms with Crippen molar-refractivity contribution in [3.05, 3.63) is 133 Å². The third kappa shape index (κ3) is 13.4. The molecular formula is C52H54Br2Cl4O6. The maximum Gasteiger partial charge on any atom is 0.137 e. The van der Waals surface area contributed by atoms with Gasteiger partial charge in [-0.1, -0.05) is 90.3 Å². The normalized spacial score (nSPS) is 18.1. The summed E-state index contributed by atoms with van der Waals surface area (Å²) in [6.45, 7) is 1.17. The lowest BCUT2D eigenvalue weighted by Crippen LogP contribution is -2.17. The SMILES string of the molecule is O=C1CCc2c(ccc(Cl)c2Br)C1.O=C1CCc2c(ccc(Cl)c2COC2CCCC2)C1.O=C1CCc2cc(Cl)c(Br)cc2C1.O=C1CCc2cc(Cl)c(COC3CCCC3)cc2C1. The van der Waals surface area contributed by atoms with Crippen molar-refractivity contribution in [2.75, 3.05) is 0 Å². The van der Waals surface area contributed by atoms with Crippen molar-refractivity contribution in [1.82, 2.24) is 0 Å². The van der Waals surface area contributed by atoms with Crippen molar-refractivity contribution in [2.45, 2.75) is 154 Å². The van der Waals surface area contributed by atoms with E-state index in [1.807, 2.05) is 42.5 Å². The molecule has 0 aromatic heterocycles. The molecule has 6 aliphatic carbocycles. The molecule has 64 heavy (non-hydrogen) atoms. The number of ketones is 4. The summed E-state index contributed by atoms with van der Waals surface area (Å²) in [6.07, 6.45) is 18.7. The standard InChI is InChI=1S/2C16H19ClO2.2C10H8BrClO/c17-16-8-5-11-9-12(18)6-7-14(11)15(16)10-19-13-3-1-2-4-13;17-16-9-11-5-6-14(18)8-12(11)7-13(16)10-19-15-3-1-2-4-15;11-10-8-3-2-7(13)5-6(8)1-4-9(10)12;11-9-4-7-3-8(13)2-1-6(7)5-10(9)12/h5,8,13H,1-4,6-7,9-10H2;7,9,15H,1-6,8,10H2;1,4H,2-3,5H2;4-5H,1-3H2. The fourth-order valence-corrected chi connectivity index (χ4v) is 11.3. The molecule has 0 aliphatic heterocycles. The predicted molar refractivity (Wildman–Crippen MR) is 263 cm³/mol. The van der Waals surface area contributed by atoms with E-state index in [2.05, 4.69) is 37.9 Å². The Bertz CT molecular complexity index is 2370. The molecule has 4 aromatic rings. The van der Waals surface area contributed by atoms with Crippen LogP contribution in [0.3, 0.4) is 0 Å². The van der Waals surface area contributed by atoms with Crippen molar-refractivity contribution in [3.8, 4) is 0 Å². The van der Waals surface area contributed by atoms with E-state index >= 15 is 0 Å². The Hall–Kier alpha value is -2.40. The van der Waals surface area contributed by atoms with Crippen LogP contribution >= 0.6 is 78.3 Å². The molecule has 0 saturated heterocycles. The van der Waals surface area contributed by atoms with Gasteiger partial charge in [-0.15, -0.1) is 0 Å². The topological polar surface area (TPSA) is 86.7 Å². The first-order valence-corrected chi connectivity index (χ1v) is 25.7. The number of hydrogen-bond acceptors (Lipinski definition) is 6. The van der Waals surface area contributed by atoms with Gasteiger partial charge in [-0.3, -0.25) is 19.2 Å². The number of fused-ring (bicyclic) bond motifs is 4. The van der Waals surface area contributed by atoms with E-state index in [0.717, 1.165) is 88.1 Å². The molecule has 6 aliphatic rings. The zero-order valence-corrected chi connectivity index (χ0v) is 42.2. The minimum atomic E-state index is 0.321. The van der Waals surface area contributed by atoms with Crippen LogP contribution in [0.25, 0.3) is 0 Å². The smallest absolute Gasteiger partial charge is 0.137 e. The molecule has 12 heteroatoms. The molecule has 0 amide bonds. The predicted octanol–water partition coefficient (Wildman–Crippen LogP) is 14.0. The fraction of sp³-hybridized carbons (Fsp3) is 0.462. The highest BCUT2D eigenvalue weighted by Crippen LogP contribution is 2.35. The summed E-state index contributed by atoms with van der Waals surface area (Å²) in [6, 6.07) is 15.7. The second-order valence-electron chi connectivity index (χ2n) is 17.7. The molecule has 4 aromatic carbocycles. The van der Waals surface area contributed by atoms with Crippen LogP contribution in [-0.4, -0.2) is 35.3 Å². The van der Waals surface area contributed by atoms with Gasteiger partial charge in [0.25, 0.3) is 0 Å². The van der Waals surface area contributed by atoms with Gasteiger partial charge < -0.3 is 9.47 Å². The minimum Gasteiger partial charge on any atom is -0.373 e. The number of Topliss-reactive ketones (excluding diaryl/α,β-unsaturated/α-hetero) is 4. The second kappa shape index (κ2) is 23.6. The molecule has 2 fully saturated rings. The highest BCUT2D eigenvalue weighted by Gasteiger charge is 2.24. The summed E-state index contributed by atoms with van der Waals surface area (Å²) in [4.78, 5) is 45.4. The molecular weight excluding hydrogens is 1020 g/mol. The Kier molecular flexibility index (Phi) is 18.2. The summed E-state index contributed by atoms with van der Waals surface area (Å²) in [5.41, 5.74) is 11.6. The lowest BCUT2D eigenvalue weighted by molar-refractivity contribution is -0.119. The number of rotatable bonds is 6. The molecule has 0 spiro atoms. The zero-order valence-electron chi connectivity index (χ0n) is 36.0. The quantitative estimate of drug-likeness (QED) is 0.191. The van der Waals surface area contributed by atoms with E-state index in [4.69, 9.17) is 55.9 Å². The van der Waals surface area contributed by atoms with E-state index in [-0.39, 0.29) is 0 Å². The van der Waals surface area contributed by atoms with Crippen LogP contribution in [0.2, 0.25) is 20.1 Å². The number of carbonyl (C=O) groups excluding carboxylic acids is 4. The summed E-state index contributed by atoms with van der Waals surface area (Å²) < 4.78 is 13.7. The molecule has 2 saturated carbocycles. The van der Waals surface area contributed by atoms with E-state index < -0.39 is 0 Å². The molecule has 6 nitrogen and oxygen atoms in total. The molecule has 0 atom stereocenters. The molecule has 0 bridgehead atoms. The molecule has 0 heterocycles. The highest BCUT2D eigenvalue weighted by molar-refractivity contribution is 9.11. The van der Waals surface area contributed by atoms with Crippen LogP contribution in [0.1, 0.15) is 133 Å². The van der Waals surface area contributed by atoms with Crippen LogP contribution < -0.4 is 0 Å². The van der Waals surface area contributed by atoms with Gasteiger partial charge in [-0.05, 0) is 169 Å². The van der Waals surface area contributed by atoms with E-state index in [9.17, 15) is 19.2 Å². The summed E-state index contributed by atoms with van der Waals surface area (Å²) in [7, 11) is 0. The molecule has 10 rings (SSSR count). The summed E-state index contributed by atoms with van der Waals surface area (Å²) in [5, 5.41) is 3.03. The van der Waals surface area contributed by atoms with Crippen LogP contribution in [0.5, 0.6) is 0 Å². The molecule has 0 N–H and O–H groups in total. The summed E-state index contributed by atoms with van der Waals surface area (Å²) in [5.74, 6) is 1.30. The van der Waals surface area contributed by atoms with Crippen molar-refractivity contribution >= 4 is 101 Å². The van der Waals surface area contributed by atoms with Gasteiger partial charge in [0.05, 0.1) is 35.5 Å². The van der Waals surface area contributed by atoms with Gasteiger partial charge in [-0.2, -0.15) is 0 Å². The number of aryl methyl sites for hydroxylation is 2. The van der Waals surface area contributed by atoms with Crippen molar-refractivity contribution in [2.24, 2.45) is 0 Å². The number of halogens is 6. The van der Waals surface area contributed by atoms with Crippen molar-refractivity contribution < 1.29 is 28.7 Å². The molecule has 0 unspecified atom stereocenters. The van der Waals surface area contributed by atoms with Gasteiger partial charge in [-0.25, -0.2) is 0 Å². The third-order valence-electron chi connectivity index (χ3n) is 13.1. The third-order valence-corrected chi connectivity index (χ3v) is 16.5. The van der Waals surface area contributed by atoms with E-state index in [1.165, 1.54) is 73.6 Å². The van der Waals surface area contributed by atoms with Crippen LogP contribution in [0.15, 0.2) is 57.5 Å². The van der Waals surface area contributed by atoms with Gasteiger partial charge in [0, 0.05) is 70.4 Å². The van der Waals surface area contributed by atoms with Crippen LogP contribution in [0, 0.1) is 0 Å². The first-order valence-electron chi connectivity index (χ1n) is 22.6. The Labute approximate surface area is 414 Å². The first-order chi connectivity index (χ1) is 30.8. The maximum absolute atomic E-state index is 11.5. The fourth-order valence-electron chi connectivity index (χ4n) is 9.46. The number of ether oxygens (including phenoxy) is 2. The Morgan fingerprint density at radius 1 is 0.453 bits per heavy atom. The van der Waals surface area contributed by atoms with Gasteiger partial charge >= 0.3 is 0 Å². The Morgan fingerprint density at radius 3 is 1.48 bits per heavy atom. The average molecular weight is 1080 g/mol. The molecule has 0 radical (unpaired) electrons. The Balaban J connectivity index is 0.000000130. The summed E-state index contributed by atoms with van der Waals surface area (Å²) >= 11 is 31.3. The van der Waals surface area contributed by atoms with Crippen LogP contribution in [0.4, 0.5) is 0 Å².